The third-order valence-corrected chi connectivity index (χ3v) is 4.47. The van der Waals surface area contributed by atoms with Gasteiger partial charge in [0.05, 0.1) is 19.0 Å². The fourth-order valence-electron chi connectivity index (χ4n) is 3.29. The van der Waals surface area contributed by atoms with E-state index in [-0.39, 0.29) is 0 Å². The molecule has 7 rings (SSSR count). The molecule has 0 unspecified atom stereocenters. The van der Waals surface area contributed by atoms with Crippen LogP contribution in [0.25, 0.3) is 67.0 Å². The van der Waals surface area contributed by atoms with Crippen LogP contribution in [0.2, 0.25) is 0 Å². The molecule has 0 saturated heterocycles. The topological polar surface area (TPSA) is 163 Å². The smallest absolute Gasteiger partial charge is 0.197 e. The van der Waals surface area contributed by atoms with Crippen LogP contribution >= 0.6 is 0 Å². The zero-order valence-electron chi connectivity index (χ0n) is 13.3. The van der Waals surface area contributed by atoms with Crippen molar-refractivity contribution in [2.24, 2.45) is 0 Å². The number of aromatic amines is 3. The minimum atomic E-state index is 0.489. The molecule has 6 aromatic heterocycles. The first-order valence-electron chi connectivity index (χ1n) is 7.99. The van der Waals surface area contributed by atoms with E-state index in [0.717, 1.165) is 0 Å². The number of benzene rings is 1. The Balaban J connectivity index is 1.87. The van der Waals surface area contributed by atoms with Crippen LogP contribution in [0.5, 0.6) is 0 Å². The molecule has 12 heteroatoms. The van der Waals surface area contributed by atoms with Crippen LogP contribution in [0, 0.1) is 0 Å². The van der Waals surface area contributed by atoms with E-state index in [9.17, 15) is 0 Å². The first-order chi connectivity index (χ1) is 13.3. The van der Waals surface area contributed by atoms with Gasteiger partial charge in [0.15, 0.2) is 33.9 Å². The Morgan fingerprint density at radius 3 is 1.04 bits per heavy atom. The highest BCUT2D eigenvalue weighted by atomic mass is 15.1. The van der Waals surface area contributed by atoms with Gasteiger partial charge in [0, 0.05) is 0 Å². The predicted molar refractivity (Wildman–Crippen MR) is 94.7 cm³/mol. The standard InChI is InChI=1S/C15H6N12/c1-16-10-11(17-1)23-5-4(22-10)6-8(26-14-12(24-6)18-2-20-14)9-7(5)25-13-15(27-9)21-3-19-13/h1-3H,(H,16,17,22,23)(H,18,20,24,26)(H,19,21,25,27). The van der Waals surface area contributed by atoms with Gasteiger partial charge in [-0.2, -0.15) is 0 Å². The number of rotatable bonds is 0. The quantitative estimate of drug-likeness (QED) is 0.339. The molecule has 0 radical (unpaired) electrons. The van der Waals surface area contributed by atoms with Crippen LogP contribution < -0.4 is 0 Å². The first-order valence-corrected chi connectivity index (χ1v) is 7.99. The summed E-state index contributed by atoms with van der Waals surface area (Å²) in [5, 5.41) is 0. The molecule has 7 aromatic rings. The number of imidazole rings is 3. The van der Waals surface area contributed by atoms with Gasteiger partial charge in [-0.15, -0.1) is 0 Å². The van der Waals surface area contributed by atoms with Gasteiger partial charge in [0.1, 0.15) is 33.1 Å². The normalized spacial score (nSPS) is 12.4. The molecule has 3 N–H and O–H groups in total. The fourth-order valence-corrected chi connectivity index (χ4v) is 3.29. The van der Waals surface area contributed by atoms with Crippen molar-refractivity contribution in [3.05, 3.63) is 19.0 Å². The molecule has 0 fully saturated rings. The molecule has 27 heavy (non-hydrogen) atoms. The average Bonchev–Trinajstić information content (AvgIpc) is 3.43. The van der Waals surface area contributed by atoms with Crippen LogP contribution in [0.4, 0.5) is 0 Å². The number of hydrogen-bond acceptors (Lipinski definition) is 9. The molecule has 0 saturated carbocycles. The molecule has 0 aliphatic heterocycles. The summed E-state index contributed by atoms with van der Waals surface area (Å²) in [6, 6.07) is 0. The van der Waals surface area contributed by atoms with Gasteiger partial charge < -0.3 is 15.0 Å². The highest BCUT2D eigenvalue weighted by molar-refractivity contribution is 6.20. The van der Waals surface area contributed by atoms with Crippen molar-refractivity contribution < 1.29 is 0 Å². The summed E-state index contributed by atoms with van der Waals surface area (Å²) in [7, 11) is 0. The molecule has 0 amide bonds. The van der Waals surface area contributed by atoms with Crippen molar-refractivity contribution in [2.45, 2.75) is 0 Å². The van der Waals surface area contributed by atoms with E-state index >= 15 is 0 Å². The number of nitrogens with one attached hydrogen (secondary N) is 3. The van der Waals surface area contributed by atoms with Crippen molar-refractivity contribution in [1.29, 1.82) is 0 Å². The fraction of sp³-hybridized carbons (Fsp3) is 0. The van der Waals surface area contributed by atoms with E-state index in [4.69, 9.17) is 0 Å². The zero-order chi connectivity index (χ0) is 17.5. The molecule has 12 nitrogen and oxygen atoms in total. The van der Waals surface area contributed by atoms with Gasteiger partial charge in [-0.05, 0) is 0 Å². The summed E-state index contributed by atoms with van der Waals surface area (Å²) in [6.45, 7) is 0. The van der Waals surface area contributed by atoms with Crippen molar-refractivity contribution in [1.82, 2.24) is 59.8 Å². The van der Waals surface area contributed by atoms with E-state index in [0.29, 0.717) is 67.0 Å². The molecular formula is C15H6N12. The second kappa shape index (κ2) is 4.24. The number of fused-ring (bicyclic) bond motifs is 9. The molecule has 0 bridgehead atoms. The van der Waals surface area contributed by atoms with Gasteiger partial charge in [0.25, 0.3) is 0 Å². The molecule has 6 heterocycles. The molecule has 1 aromatic carbocycles. The summed E-state index contributed by atoms with van der Waals surface area (Å²) in [5.41, 5.74) is 6.45. The van der Waals surface area contributed by atoms with Crippen LogP contribution in [0.15, 0.2) is 19.0 Å². The lowest BCUT2D eigenvalue weighted by Crippen LogP contribution is -1.98. The van der Waals surface area contributed by atoms with E-state index in [1.165, 1.54) is 0 Å². The van der Waals surface area contributed by atoms with E-state index in [1.807, 2.05) is 0 Å². The second-order valence-electron chi connectivity index (χ2n) is 5.99. The Morgan fingerprint density at radius 1 is 0.407 bits per heavy atom. The molecule has 0 spiro atoms. The van der Waals surface area contributed by atoms with Gasteiger partial charge in [-0.3, -0.25) is 0 Å². The lowest BCUT2D eigenvalue weighted by atomic mass is 10.2. The molecule has 0 aliphatic rings. The minimum Gasteiger partial charge on any atom is -0.328 e. The highest BCUT2D eigenvalue weighted by Gasteiger charge is 2.20. The third kappa shape index (κ3) is 1.54. The Bertz CT molecular complexity index is 1340. The summed E-state index contributed by atoms with van der Waals surface area (Å²) in [4.78, 5) is 49.4. The van der Waals surface area contributed by atoms with Crippen molar-refractivity contribution in [3.8, 4) is 0 Å². The Kier molecular flexibility index (Phi) is 2.03. The van der Waals surface area contributed by atoms with Gasteiger partial charge in [0.2, 0.25) is 0 Å². The summed E-state index contributed by atoms with van der Waals surface area (Å²) in [6.07, 6.45) is 4.64. The maximum atomic E-state index is 4.66. The molecule has 126 valence electrons. The van der Waals surface area contributed by atoms with Crippen LogP contribution in [-0.4, -0.2) is 59.8 Å². The lowest BCUT2D eigenvalue weighted by molar-refractivity contribution is 1.29. The lowest BCUT2D eigenvalue weighted by Gasteiger charge is -2.06. The van der Waals surface area contributed by atoms with E-state index in [1.54, 1.807) is 19.0 Å². The number of aromatic nitrogens is 12. The van der Waals surface area contributed by atoms with Crippen LogP contribution in [0.1, 0.15) is 0 Å². The molecule has 0 aliphatic carbocycles. The molecule has 0 atom stereocenters. The Hall–Kier alpha value is -4.35. The largest absolute Gasteiger partial charge is 0.328 e. The monoisotopic (exact) mass is 354 g/mol. The van der Waals surface area contributed by atoms with Crippen LogP contribution in [-0.2, 0) is 0 Å². The Morgan fingerprint density at radius 2 is 0.704 bits per heavy atom. The minimum absolute atomic E-state index is 0.489. The predicted octanol–water partition coefficient (Wildman–Crippen LogP) is 1.15. The maximum Gasteiger partial charge on any atom is 0.197 e. The van der Waals surface area contributed by atoms with Gasteiger partial charge >= 0.3 is 0 Å². The second-order valence-corrected chi connectivity index (χ2v) is 5.99. The van der Waals surface area contributed by atoms with Gasteiger partial charge in [-0.25, -0.2) is 44.9 Å². The Labute approximate surface area is 146 Å². The van der Waals surface area contributed by atoms with Crippen molar-refractivity contribution in [2.75, 3.05) is 0 Å². The number of nitrogens with zero attached hydrogens (tertiary/aromatic N) is 9. The first kappa shape index (κ1) is 12.9. The van der Waals surface area contributed by atoms with Crippen molar-refractivity contribution >= 4 is 67.0 Å². The summed E-state index contributed by atoms with van der Waals surface area (Å²) in [5.74, 6) is 0. The average molecular weight is 354 g/mol. The summed E-state index contributed by atoms with van der Waals surface area (Å²) < 4.78 is 0. The number of hydrogen-bond donors (Lipinski definition) is 3. The molecular weight excluding hydrogens is 348 g/mol. The highest BCUT2D eigenvalue weighted by Crippen LogP contribution is 2.31. The van der Waals surface area contributed by atoms with Crippen molar-refractivity contribution in [3.63, 3.8) is 0 Å². The van der Waals surface area contributed by atoms with Crippen LogP contribution in [0.3, 0.4) is 0 Å². The van der Waals surface area contributed by atoms with E-state index in [2.05, 4.69) is 59.8 Å². The van der Waals surface area contributed by atoms with E-state index < -0.39 is 0 Å². The number of H-pyrrole nitrogens is 3. The third-order valence-electron chi connectivity index (χ3n) is 4.47. The summed E-state index contributed by atoms with van der Waals surface area (Å²) >= 11 is 0. The SMILES string of the molecule is c1nc2nc3c4nc5[nH]cnc5nc4c4nc5[nH]cnc5nc4c3nc2[nH]1. The zero-order valence-corrected chi connectivity index (χ0v) is 13.3. The van der Waals surface area contributed by atoms with Gasteiger partial charge in [-0.1, -0.05) is 0 Å². The maximum absolute atomic E-state index is 4.66.